The maximum Gasteiger partial charge on any atom is 0.241 e. The van der Waals surface area contributed by atoms with Crippen LogP contribution in [-0.2, 0) is 4.79 Å². The van der Waals surface area contributed by atoms with Gasteiger partial charge in [0, 0.05) is 5.69 Å². The van der Waals surface area contributed by atoms with Gasteiger partial charge in [-0.1, -0.05) is 25.5 Å². The van der Waals surface area contributed by atoms with Crippen molar-refractivity contribution in [1.29, 1.82) is 0 Å². The van der Waals surface area contributed by atoms with E-state index in [1.165, 1.54) is 0 Å². The molecule has 0 bridgehead atoms. The van der Waals surface area contributed by atoms with Crippen LogP contribution in [0.4, 0.5) is 5.69 Å². The predicted molar refractivity (Wildman–Crippen MR) is 67.4 cm³/mol. The fourth-order valence-electron chi connectivity index (χ4n) is 1.54. The zero-order valence-electron chi connectivity index (χ0n) is 10.2. The summed E-state index contributed by atoms with van der Waals surface area (Å²) in [6.07, 6.45) is 1.64. The van der Waals surface area contributed by atoms with E-state index in [1.807, 2.05) is 39.0 Å². The Morgan fingerprint density at radius 1 is 1.44 bits per heavy atom. The molecule has 3 nitrogen and oxygen atoms in total. The highest BCUT2D eigenvalue weighted by molar-refractivity contribution is 5.95. The van der Waals surface area contributed by atoms with Crippen LogP contribution in [-0.4, -0.2) is 11.9 Å². The molecule has 0 aliphatic heterocycles. The number of rotatable bonds is 4. The van der Waals surface area contributed by atoms with Gasteiger partial charge < -0.3 is 11.1 Å². The lowest BCUT2D eigenvalue weighted by Gasteiger charge is -2.13. The molecule has 1 amide bonds. The Kier molecular flexibility index (Phi) is 4.50. The zero-order valence-corrected chi connectivity index (χ0v) is 10.2. The second kappa shape index (κ2) is 5.66. The van der Waals surface area contributed by atoms with E-state index < -0.39 is 6.04 Å². The third-order valence-corrected chi connectivity index (χ3v) is 2.59. The molecule has 0 aromatic heterocycles. The summed E-state index contributed by atoms with van der Waals surface area (Å²) >= 11 is 0. The Balaban J connectivity index is 2.72. The van der Waals surface area contributed by atoms with E-state index in [2.05, 4.69) is 5.32 Å². The molecule has 3 heteroatoms. The van der Waals surface area contributed by atoms with Gasteiger partial charge in [-0.2, -0.15) is 0 Å². The summed E-state index contributed by atoms with van der Waals surface area (Å²) in [7, 11) is 0. The van der Waals surface area contributed by atoms with E-state index in [9.17, 15) is 4.79 Å². The van der Waals surface area contributed by atoms with Gasteiger partial charge in [0.25, 0.3) is 0 Å². The standard InChI is InChI=1S/C13H20N2O/c1-4-5-11(14)13(16)15-12-8-9(2)6-7-10(12)3/h6-8,11H,4-5,14H2,1-3H3,(H,15,16). The average Bonchev–Trinajstić information content (AvgIpc) is 2.23. The molecule has 16 heavy (non-hydrogen) atoms. The van der Waals surface area contributed by atoms with Crippen LogP contribution in [0.2, 0.25) is 0 Å². The van der Waals surface area contributed by atoms with Gasteiger partial charge in [0.2, 0.25) is 5.91 Å². The second-order valence-electron chi connectivity index (χ2n) is 4.20. The molecule has 0 saturated heterocycles. The van der Waals surface area contributed by atoms with Gasteiger partial charge in [0.15, 0.2) is 0 Å². The summed E-state index contributed by atoms with van der Waals surface area (Å²) in [5.74, 6) is -0.101. The van der Waals surface area contributed by atoms with Crippen molar-refractivity contribution in [3.8, 4) is 0 Å². The number of nitrogens with one attached hydrogen (secondary N) is 1. The Hall–Kier alpha value is -1.35. The lowest BCUT2D eigenvalue weighted by atomic mass is 10.1. The van der Waals surface area contributed by atoms with Crippen LogP contribution in [0.3, 0.4) is 0 Å². The first-order valence-corrected chi connectivity index (χ1v) is 5.68. The molecular formula is C13H20N2O. The number of nitrogens with two attached hydrogens (primary N) is 1. The normalized spacial score (nSPS) is 12.2. The molecule has 88 valence electrons. The molecule has 1 rings (SSSR count). The van der Waals surface area contributed by atoms with E-state index >= 15 is 0 Å². The molecule has 0 radical (unpaired) electrons. The lowest BCUT2D eigenvalue weighted by Crippen LogP contribution is -2.35. The third kappa shape index (κ3) is 3.35. The van der Waals surface area contributed by atoms with Crippen LogP contribution in [0.5, 0.6) is 0 Å². The Bertz CT molecular complexity index is 374. The van der Waals surface area contributed by atoms with Crippen molar-refractivity contribution in [2.24, 2.45) is 5.73 Å². The number of carbonyl (C=O) groups is 1. The Morgan fingerprint density at radius 3 is 2.75 bits per heavy atom. The molecule has 0 heterocycles. The van der Waals surface area contributed by atoms with Crippen molar-refractivity contribution < 1.29 is 4.79 Å². The van der Waals surface area contributed by atoms with Gasteiger partial charge in [-0.15, -0.1) is 0 Å². The van der Waals surface area contributed by atoms with Crippen LogP contribution < -0.4 is 11.1 Å². The van der Waals surface area contributed by atoms with Gasteiger partial charge in [-0.3, -0.25) is 4.79 Å². The van der Waals surface area contributed by atoms with Crippen molar-refractivity contribution >= 4 is 11.6 Å². The van der Waals surface area contributed by atoms with Gasteiger partial charge in [-0.25, -0.2) is 0 Å². The molecule has 0 spiro atoms. The largest absolute Gasteiger partial charge is 0.324 e. The fraction of sp³-hybridized carbons (Fsp3) is 0.462. The summed E-state index contributed by atoms with van der Waals surface area (Å²) in [5, 5.41) is 2.87. The number of anilines is 1. The van der Waals surface area contributed by atoms with Gasteiger partial charge in [-0.05, 0) is 37.5 Å². The number of aryl methyl sites for hydroxylation is 2. The van der Waals surface area contributed by atoms with Crippen LogP contribution >= 0.6 is 0 Å². The van der Waals surface area contributed by atoms with Crippen LogP contribution in [0, 0.1) is 13.8 Å². The van der Waals surface area contributed by atoms with Crippen molar-refractivity contribution in [1.82, 2.24) is 0 Å². The summed E-state index contributed by atoms with van der Waals surface area (Å²) in [6.45, 7) is 5.99. The van der Waals surface area contributed by atoms with Crippen LogP contribution in [0.1, 0.15) is 30.9 Å². The Morgan fingerprint density at radius 2 is 2.12 bits per heavy atom. The van der Waals surface area contributed by atoms with Crippen molar-refractivity contribution in [3.63, 3.8) is 0 Å². The van der Waals surface area contributed by atoms with Crippen LogP contribution in [0.25, 0.3) is 0 Å². The smallest absolute Gasteiger partial charge is 0.241 e. The predicted octanol–water partition coefficient (Wildman–Crippen LogP) is 2.37. The summed E-state index contributed by atoms with van der Waals surface area (Å²) in [5.41, 5.74) is 8.80. The molecule has 0 aliphatic rings. The number of hydrogen-bond acceptors (Lipinski definition) is 2. The van der Waals surface area contributed by atoms with Crippen molar-refractivity contribution in [2.45, 2.75) is 39.7 Å². The summed E-state index contributed by atoms with van der Waals surface area (Å²) in [6, 6.07) is 5.57. The zero-order chi connectivity index (χ0) is 12.1. The maximum atomic E-state index is 11.7. The van der Waals surface area contributed by atoms with Crippen LogP contribution in [0.15, 0.2) is 18.2 Å². The number of amides is 1. The molecule has 1 aromatic carbocycles. The molecule has 0 saturated carbocycles. The second-order valence-corrected chi connectivity index (χ2v) is 4.20. The summed E-state index contributed by atoms with van der Waals surface area (Å²) in [4.78, 5) is 11.7. The van der Waals surface area contributed by atoms with Gasteiger partial charge >= 0.3 is 0 Å². The molecule has 0 fully saturated rings. The monoisotopic (exact) mass is 220 g/mol. The van der Waals surface area contributed by atoms with E-state index in [4.69, 9.17) is 5.73 Å². The molecule has 0 aliphatic carbocycles. The topological polar surface area (TPSA) is 55.1 Å². The van der Waals surface area contributed by atoms with E-state index in [-0.39, 0.29) is 5.91 Å². The molecule has 1 unspecified atom stereocenters. The number of hydrogen-bond donors (Lipinski definition) is 2. The van der Waals surface area contributed by atoms with E-state index in [1.54, 1.807) is 0 Å². The first-order chi connectivity index (χ1) is 7.54. The number of benzene rings is 1. The van der Waals surface area contributed by atoms with E-state index in [0.717, 1.165) is 29.7 Å². The van der Waals surface area contributed by atoms with E-state index in [0.29, 0.717) is 0 Å². The maximum absolute atomic E-state index is 11.7. The highest BCUT2D eigenvalue weighted by Gasteiger charge is 2.13. The first-order valence-electron chi connectivity index (χ1n) is 5.68. The number of carbonyl (C=O) groups excluding carboxylic acids is 1. The fourth-order valence-corrected chi connectivity index (χ4v) is 1.54. The highest BCUT2D eigenvalue weighted by atomic mass is 16.2. The molecule has 1 atom stereocenters. The van der Waals surface area contributed by atoms with Crippen molar-refractivity contribution in [2.75, 3.05) is 5.32 Å². The molecule has 3 N–H and O–H groups in total. The SMILES string of the molecule is CCCC(N)C(=O)Nc1cc(C)ccc1C. The molecular weight excluding hydrogens is 200 g/mol. The van der Waals surface area contributed by atoms with Crippen molar-refractivity contribution in [3.05, 3.63) is 29.3 Å². The minimum atomic E-state index is -0.412. The van der Waals surface area contributed by atoms with Gasteiger partial charge in [0.05, 0.1) is 6.04 Å². The molecule has 1 aromatic rings. The third-order valence-electron chi connectivity index (χ3n) is 2.59. The highest BCUT2D eigenvalue weighted by Crippen LogP contribution is 2.16. The quantitative estimate of drug-likeness (QED) is 0.818. The minimum Gasteiger partial charge on any atom is -0.324 e. The first kappa shape index (κ1) is 12.7. The lowest BCUT2D eigenvalue weighted by molar-refractivity contribution is -0.117. The average molecular weight is 220 g/mol. The van der Waals surface area contributed by atoms with Gasteiger partial charge in [0.1, 0.15) is 0 Å². The summed E-state index contributed by atoms with van der Waals surface area (Å²) < 4.78 is 0. The minimum absolute atomic E-state index is 0.101. The Labute approximate surface area is 97.0 Å².